The molecule has 26 heavy (non-hydrogen) atoms. The molecule has 1 aliphatic rings. The predicted octanol–water partition coefficient (Wildman–Crippen LogP) is 3.11. The number of rotatable bonds is 5. The molecule has 3 N–H and O–H groups in total. The van der Waals surface area contributed by atoms with Gasteiger partial charge in [-0.1, -0.05) is 12.7 Å². The number of hydrogen-bond donors (Lipinski definition) is 2. The van der Waals surface area contributed by atoms with Crippen LogP contribution in [0.15, 0.2) is 36.2 Å². The summed E-state index contributed by atoms with van der Waals surface area (Å²) in [5.41, 5.74) is 8.73. The third-order valence-electron chi connectivity index (χ3n) is 4.06. The number of nitrogens with two attached hydrogens (primary N) is 1. The number of benzene rings is 1. The molecule has 0 spiro atoms. The van der Waals surface area contributed by atoms with Gasteiger partial charge in [0, 0.05) is 11.3 Å². The van der Waals surface area contributed by atoms with Gasteiger partial charge < -0.3 is 19.9 Å². The average Bonchev–Trinajstić information content (AvgIpc) is 2.99. The lowest BCUT2D eigenvalue weighted by Gasteiger charge is -2.24. The molecule has 1 aromatic heterocycles. The van der Waals surface area contributed by atoms with Crippen molar-refractivity contribution in [3.8, 4) is 23.4 Å². The second kappa shape index (κ2) is 7.29. The normalized spacial score (nSPS) is 15.7. The van der Waals surface area contributed by atoms with E-state index < -0.39 is 5.92 Å². The van der Waals surface area contributed by atoms with Crippen molar-refractivity contribution in [2.45, 2.75) is 12.8 Å². The number of aromatic amines is 1. The van der Waals surface area contributed by atoms with Crippen molar-refractivity contribution in [3.05, 3.63) is 56.6 Å². The fourth-order valence-corrected chi connectivity index (χ4v) is 3.70. The van der Waals surface area contributed by atoms with Crippen molar-refractivity contribution in [1.29, 1.82) is 5.26 Å². The van der Waals surface area contributed by atoms with Crippen LogP contribution in [0.2, 0.25) is 0 Å². The van der Waals surface area contributed by atoms with Gasteiger partial charge in [-0.2, -0.15) is 5.26 Å². The molecule has 1 aromatic carbocycles. The molecule has 0 fully saturated rings. The van der Waals surface area contributed by atoms with E-state index in [0.717, 1.165) is 20.4 Å². The van der Waals surface area contributed by atoms with Crippen LogP contribution in [0.25, 0.3) is 0 Å². The number of ether oxygens (including phenoxy) is 3. The first kappa shape index (κ1) is 18.1. The van der Waals surface area contributed by atoms with Gasteiger partial charge in [-0.3, -0.25) is 5.10 Å². The number of aromatic nitrogens is 2. The van der Waals surface area contributed by atoms with Crippen LogP contribution in [0.1, 0.15) is 22.7 Å². The molecule has 0 bridgehead atoms. The largest absolute Gasteiger partial charge is 0.493 e. The average molecular weight is 464 g/mol. The zero-order chi connectivity index (χ0) is 18.8. The molecular weight excluding hydrogens is 447 g/mol. The fourth-order valence-electron chi connectivity index (χ4n) is 2.92. The smallest absolute Gasteiger partial charge is 0.244 e. The Morgan fingerprint density at radius 2 is 2.31 bits per heavy atom. The lowest BCUT2D eigenvalue weighted by Crippen LogP contribution is -2.21. The molecule has 1 aliphatic heterocycles. The number of nitrogens with zero attached hydrogens (tertiary/aromatic N) is 2. The summed E-state index contributed by atoms with van der Waals surface area (Å²) < 4.78 is 17.6. The molecule has 8 heteroatoms. The number of fused-ring (bicyclic) bond motifs is 1. The van der Waals surface area contributed by atoms with E-state index in [1.807, 2.05) is 19.1 Å². The fraction of sp³-hybridized carbons (Fsp3) is 0.222. The minimum atomic E-state index is -0.404. The summed E-state index contributed by atoms with van der Waals surface area (Å²) in [5, 5.41) is 16.7. The van der Waals surface area contributed by atoms with Gasteiger partial charge >= 0.3 is 0 Å². The zero-order valence-corrected chi connectivity index (χ0v) is 16.5. The maximum Gasteiger partial charge on any atom is 0.244 e. The maximum absolute atomic E-state index is 9.65. The minimum Gasteiger partial charge on any atom is -0.493 e. The minimum absolute atomic E-state index is 0.0532. The number of methoxy groups -OCH3 is 1. The third kappa shape index (κ3) is 2.99. The van der Waals surface area contributed by atoms with Gasteiger partial charge in [-0.25, -0.2) is 0 Å². The van der Waals surface area contributed by atoms with E-state index in [2.05, 4.69) is 45.4 Å². The Labute approximate surface area is 164 Å². The van der Waals surface area contributed by atoms with Crippen LogP contribution in [0.4, 0.5) is 0 Å². The molecule has 0 aliphatic carbocycles. The van der Waals surface area contributed by atoms with Crippen molar-refractivity contribution in [3.63, 3.8) is 0 Å². The van der Waals surface area contributed by atoms with Crippen molar-refractivity contribution < 1.29 is 14.2 Å². The number of H-pyrrole nitrogens is 1. The summed E-state index contributed by atoms with van der Waals surface area (Å²) in [7, 11) is 1.57. The lowest BCUT2D eigenvalue weighted by molar-refractivity contribution is 0.323. The van der Waals surface area contributed by atoms with Gasteiger partial charge in [0.25, 0.3) is 0 Å². The van der Waals surface area contributed by atoms with Crippen LogP contribution < -0.4 is 19.9 Å². The van der Waals surface area contributed by atoms with Crippen LogP contribution in [0.5, 0.6) is 17.4 Å². The topological polar surface area (TPSA) is 106 Å². The maximum atomic E-state index is 9.65. The van der Waals surface area contributed by atoms with Crippen LogP contribution in [0.3, 0.4) is 0 Å². The highest BCUT2D eigenvalue weighted by Crippen LogP contribution is 2.45. The van der Waals surface area contributed by atoms with E-state index in [0.29, 0.717) is 29.6 Å². The van der Waals surface area contributed by atoms with E-state index in [9.17, 15) is 5.26 Å². The van der Waals surface area contributed by atoms with Gasteiger partial charge in [0.15, 0.2) is 11.5 Å². The Balaban J connectivity index is 2.19. The number of halogens is 1. The number of hydrogen-bond acceptors (Lipinski definition) is 6. The highest BCUT2D eigenvalue weighted by atomic mass is 127. The van der Waals surface area contributed by atoms with Gasteiger partial charge in [-0.05, 0) is 47.2 Å². The quantitative estimate of drug-likeness (QED) is 0.521. The molecule has 2 aromatic rings. The molecule has 0 saturated heterocycles. The van der Waals surface area contributed by atoms with Crippen LogP contribution >= 0.6 is 22.6 Å². The number of nitrogens with one attached hydrogen (secondary N) is 1. The predicted molar refractivity (Wildman–Crippen MR) is 104 cm³/mol. The highest BCUT2D eigenvalue weighted by molar-refractivity contribution is 14.1. The van der Waals surface area contributed by atoms with Crippen LogP contribution in [-0.4, -0.2) is 23.9 Å². The van der Waals surface area contributed by atoms with Crippen LogP contribution in [0, 0.1) is 21.8 Å². The highest BCUT2D eigenvalue weighted by Gasteiger charge is 2.35. The summed E-state index contributed by atoms with van der Waals surface area (Å²) in [6.45, 7) is 5.90. The van der Waals surface area contributed by atoms with E-state index >= 15 is 0 Å². The van der Waals surface area contributed by atoms with E-state index in [4.69, 9.17) is 19.9 Å². The molecule has 1 atom stereocenters. The van der Waals surface area contributed by atoms with Gasteiger partial charge in [-0.15, -0.1) is 5.10 Å². The third-order valence-corrected chi connectivity index (χ3v) is 4.86. The first-order chi connectivity index (χ1) is 12.5. The van der Waals surface area contributed by atoms with Crippen molar-refractivity contribution >= 4 is 22.6 Å². The van der Waals surface area contributed by atoms with Gasteiger partial charge in [0.2, 0.25) is 11.8 Å². The van der Waals surface area contributed by atoms with E-state index in [-0.39, 0.29) is 5.88 Å². The molecule has 0 radical (unpaired) electrons. The molecule has 7 nitrogen and oxygen atoms in total. The number of aryl methyl sites for hydroxylation is 1. The monoisotopic (exact) mass is 464 g/mol. The summed E-state index contributed by atoms with van der Waals surface area (Å²) in [6.07, 6.45) is 1.67. The zero-order valence-electron chi connectivity index (χ0n) is 14.3. The van der Waals surface area contributed by atoms with Crippen LogP contribution in [-0.2, 0) is 0 Å². The first-order valence-electron chi connectivity index (χ1n) is 7.75. The Bertz CT molecular complexity index is 943. The molecule has 134 valence electrons. The Kier molecular flexibility index (Phi) is 5.08. The van der Waals surface area contributed by atoms with Crippen molar-refractivity contribution in [2.75, 3.05) is 13.7 Å². The Morgan fingerprint density at radius 3 is 2.96 bits per heavy atom. The number of nitriles is 1. The molecule has 2 heterocycles. The Hall–Kier alpha value is -2.67. The lowest BCUT2D eigenvalue weighted by atomic mass is 9.84. The number of allylic oxidation sites excluding steroid dienone is 1. The molecular formula is C18H17IN4O3. The van der Waals surface area contributed by atoms with Gasteiger partial charge in [0.05, 0.1) is 16.6 Å². The van der Waals surface area contributed by atoms with Gasteiger partial charge in [0.1, 0.15) is 18.2 Å². The van der Waals surface area contributed by atoms with E-state index in [1.54, 1.807) is 13.2 Å². The van der Waals surface area contributed by atoms with Crippen molar-refractivity contribution in [2.24, 2.45) is 5.73 Å². The SMILES string of the molecule is C=CCOc1c(I)cc([C@@H]2C(C#N)=C(N)Oc3n[nH]c(C)c32)cc1OC. The second-order valence-electron chi connectivity index (χ2n) is 5.63. The van der Waals surface area contributed by atoms with E-state index in [1.165, 1.54) is 0 Å². The summed E-state index contributed by atoms with van der Waals surface area (Å²) in [6, 6.07) is 5.95. The summed E-state index contributed by atoms with van der Waals surface area (Å²) >= 11 is 2.18. The van der Waals surface area contributed by atoms with Crippen molar-refractivity contribution in [1.82, 2.24) is 10.2 Å². The summed E-state index contributed by atoms with van der Waals surface area (Å²) in [4.78, 5) is 0. The molecule has 0 saturated carbocycles. The molecule has 0 unspecified atom stereocenters. The first-order valence-corrected chi connectivity index (χ1v) is 8.83. The molecule has 3 rings (SSSR count). The second-order valence-corrected chi connectivity index (χ2v) is 6.79. The molecule has 0 amide bonds. The summed E-state index contributed by atoms with van der Waals surface area (Å²) in [5.74, 6) is 1.22. The standard InChI is InChI=1S/C18H17IN4O3/c1-4-5-25-16-12(19)6-10(7-13(16)24-3)15-11(8-20)17(21)26-18-14(15)9(2)22-23-18/h4,6-7,15H,1,5,21H2,2-3H3,(H,22,23)/t15-/m1/s1. The Morgan fingerprint density at radius 1 is 1.54 bits per heavy atom.